The van der Waals surface area contributed by atoms with E-state index in [2.05, 4.69) is 5.32 Å². The van der Waals surface area contributed by atoms with Crippen LogP contribution in [0.25, 0.3) is 6.08 Å². The number of nitrogens with one attached hydrogen (secondary N) is 1. The lowest BCUT2D eigenvalue weighted by molar-refractivity contribution is -0.112. The molecule has 1 amide bonds. The maximum atomic E-state index is 12.5. The number of nitrogens with zero attached hydrogens (tertiary/aromatic N) is 1. The molecule has 0 aliphatic carbocycles. The molecule has 6 nitrogen and oxygen atoms in total. The second kappa shape index (κ2) is 10.9. The van der Waals surface area contributed by atoms with Crippen molar-refractivity contribution in [3.63, 3.8) is 0 Å². The smallest absolute Gasteiger partial charge is 0.266 e. The standard InChI is InChI=1S/C25H21ClN2O4/c1-30-22-9-6-17(7-10-22)16-32-23-11-8-18(13-24(23)31-2)12-19(15-27)25(29)28-21-5-3-4-20(26)14-21/h3-14H,16H2,1-2H3,(H,28,29)/b19-12+. The first kappa shape index (κ1) is 22.7. The van der Waals surface area contributed by atoms with Crippen LogP contribution in [0.15, 0.2) is 72.3 Å². The highest BCUT2D eigenvalue weighted by Gasteiger charge is 2.12. The molecule has 0 saturated heterocycles. The Bertz CT molecular complexity index is 1170. The number of halogens is 1. The quantitative estimate of drug-likeness (QED) is 0.364. The molecule has 32 heavy (non-hydrogen) atoms. The van der Waals surface area contributed by atoms with E-state index < -0.39 is 5.91 Å². The molecule has 3 aromatic carbocycles. The highest BCUT2D eigenvalue weighted by molar-refractivity contribution is 6.31. The largest absolute Gasteiger partial charge is 0.497 e. The van der Waals surface area contributed by atoms with E-state index in [9.17, 15) is 10.1 Å². The highest BCUT2D eigenvalue weighted by atomic mass is 35.5. The molecule has 1 N–H and O–H groups in total. The van der Waals surface area contributed by atoms with Crippen LogP contribution in [0.1, 0.15) is 11.1 Å². The van der Waals surface area contributed by atoms with Gasteiger partial charge in [-0.25, -0.2) is 0 Å². The summed E-state index contributed by atoms with van der Waals surface area (Å²) in [4.78, 5) is 12.5. The van der Waals surface area contributed by atoms with Crippen LogP contribution in [0.3, 0.4) is 0 Å². The molecule has 0 atom stereocenters. The fraction of sp³-hybridized carbons (Fsp3) is 0.120. The van der Waals surface area contributed by atoms with Gasteiger partial charge in [0.1, 0.15) is 24.0 Å². The summed E-state index contributed by atoms with van der Waals surface area (Å²) in [6.45, 7) is 0.348. The summed E-state index contributed by atoms with van der Waals surface area (Å²) >= 11 is 5.94. The number of rotatable bonds is 8. The van der Waals surface area contributed by atoms with Crippen LogP contribution in [0.5, 0.6) is 17.2 Å². The van der Waals surface area contributed by atoms with Crippen LogP contribution in [0.2, 0.25) is 5.02 Å². The number of carbonyl (C=O) groups excluding carboxylic acids is 1. The predicted octanol–water partition coefficient (Wildman–Crippen LogP) is 5.48. The predicted molar refractivity (Wildman–Crippen MR) is 124 cm³/mol. The summed E-state index contributed by atoms with van der Waals surface area (Å²) in [6.07, 6.45) is 1.48. The van der Waals surface area contributed by atoms with Crippen LogP contribution in [0.4, 0.5) is 5.69 Å². The molecule has 7 heteroatoms. The molecule has 0 aliphatic heterocycles. The first-order valence-corrected chi connectivity index (χ1v) is 10.0. The van der Waals surface area contributed by atoms with Gasteiger partial charge in [-0.3, -0.25) is 4.79 Å². The lowest BCUT2D eigenvalue weighted by atomic mass is 10.1. The zero-order valence-corrected chi connectivity index (χ0v) is 18.3. The van der Waals surface area contributed by atoms with Gasteiger partial charge < -0.3 is 19.5 Å². The Morgan fingerprint density at radius 3 is 2.47 bits per heavy atom. The van der Waals surface area contributed by atoms with Crippen LogP contribution in [0, 0.1) is 11.3 Å². The lowest BCUT2D eigenvalue weighted by Crippen LogP contribution is -2.13. The lowest BCUT2D eigenvalue weighted by Gasteiger charge is -2.12. The number of amides is 1. The van der Waals surface area contributed by atoms with Gasteiger partial charge in [0.25, 0.3) is 5.91 Å². The Morgan fingerprint density at radius 1 is 1.03 bits per heavy atom. The van der Waals surface area contributed by atoms with Crippen molar-refractivity contribution in [2.45, 2.75) is 6.61 Å². The molecular weight excluding hydrogens is 428 g/mol. The molecule has 0 fully saturated rings. The normalized spacial score (nSPS) is 10.8. The van der Waals surface area contributed by atoms with Crippen molar-refractivity contribution in [3.05, 3.63) is 88.5 Å². The summed E-state index contributed by atoms with van der Waals surface area (Å²) in [7, 11) is 3.14. The molecule has 0 aromatic heterocycles. The maximum absolute atomic E-state index is 12.5. The number of ether oxygens (including phenoxy) is 3. The SMILES string of the molecule is COc1ccc(COc2ccc(/C=C(\C#N)C(=O)Nc3cccc(Cl)c3)cc2OC)cc1. The van der Waals surface area contributed by atoms with Gasteiger partial charge in [0, 0.05) is 10.7 Å². The maximum Gasteiger partial charge on any atom is 0.266 e. The third-order valence-corrected chi connectivity index (χ3v) is 4.73. The molecule has 0 saturated carbocycles. The summed E-state index contributed by atoms with van der Waals surface area (Å²) in [5, 5.41) is 12.6. The van der Waals surface area contributed by atoms with Crippen molar-refractivity contribution in [2.24, 2.45) is 0 Å². The van der Waals surface area contributed by atoms with Gasteiger partial charge in [0.2, 0.25) is 0 Å². The van der Waals surface area contributed by atoms with E-state index in [1.165, 1.54) is 13.2 Å². The minimum absolute atomic E-state index is 0.0565. The molecule has 0 bridgehead atoms. The molecule has 0 radical (unpaired) electrons. The summed E-state index contributed by atoms with van der Waals surface area (Å²) in [5.74, 6) is 1.27. The first-order valence-electron chi connectivity index (χ1n) is 9.65. The Hall–Kier alpha value is -3.95. The third kappa shape index (κ3) is 6.03. The van der Waals surface area contributed by atoms with Crippen molar-refractivity contribution in [1.82, 2.24) is 0 Å². The number of carbonyl (C=O) groups is 1. The monoisotopic (exact) mass is 448 g/mol. The van der Waals surface area contributed by atoms with Crippen molar-refractivity contribution < 1.29 is 19.0 Å². The second-order valence-corrected chi connectivity index (χ2v) is 7.12. The molecular formula is C25H21ClN2O4. The van der Waals surface area contributed by atoms with Gasteiger partial charge in [-0.1, -0.05) is 35.9 Å². The summed E-state index contributed by atoms with van der Waals surface area (Å²) < 4.78 is 16.4. The van der Waals surface area contributed by atoms with E-state index in [-0.39, 0.29) is 5.57 Å². The van der Waals surface area contributed by atoms with Crippen LogP contribution in [-0.4, -0.2) is 20.1 Å². The summed E-state index contributed by atoms with van der Waals surface area (Å²) in [6, 6.07) is 21.4. The number of benzene rings is 3. The topological polar surface area (TPSA) is 80.6 Å². The fourth-order valence-corrected chi connectivity index (χ4v) is 3.05. The van der Waals surface area contributed by atoms with E-state index in [1.807, 2.05) is 30.3 Å². The third-order valence-electron chi connectivity index (χ3n) is 4.50. The van der Waals surface area contributed by atoms with Crippen molar-refractivity contribution >= 4 is 29.3 Å². The highest BCUT2D eigenvalue weighted by Crippen LogP contribution is 2.30. The van der Waals surface area contributed by atoms with Crippen molar-refractivity contribution in [1.29, 1.82) is 5.26 Å². The molecule has 0 heterocycles. The van der Waals surface area contributed by atoms with Gasteiger partial charge in [-0.2, -0.15) is 5.26 Å². The Morgan fingerprint density at radius 2 is 1.81 bits per heavy atom. The first-order chi connectivity index (χ1) is 15.5. The van der Waals surface area contributed by atoms with Gasteiger partial charge in [0.15, 0.2) is 11.5 Å². The summed E-state index contributed by atoms with van der Waals surface area (Å²) in [5.41, 5.74) is 2.04. The van der Waals surface area contributed by atoms with Crippen molar-refractivity contribution in [2.75, 3.05) is 19.5 Å². The Kier molecular flexibility index (Phi) is 7.74. The zero-order chi connectivity index (χ0) is 22.9. The van der Waals surface area contributed by atoms with E-state index in [0.717, 1.165) is 11.3 Å². The average Bonchev–Trinajstić information content (AvgIpc) is 2.81. The molecule has 3 rings (SSSR count). The van der Waals surface area contributed by atoms with Crippen molar-refractivity contribution in [3.8, 4) is 23.3 Å². The van der Waals surface area contributed by atoms with Crippen LogP contribution >= 0.6 is 11.6 Å². The van der Waals surface area contributed by atoms with Gasteiger partial charge in [-0.05, 0) is 59.7 Å². The number of methoxy groups -OCH3 is 2. The van der Waals surface area contributed by atoms with Gasteiger partial charge >= 0.3 is 0 Å². The van der Waals surface area contributed by atoms with Gasteiger partial charge in [-0.15, -0.1) is 0 Å². The number of hydrogen-bond donors (Lipinski definition) is 1. The van der Waals surface area contributed by atoms with Crippen LogP contribution < -0.4 is 19.5 Å². The number of nitriles is 1. The minimum Gasteiger partial charge on any atom is -0.497 e. The second-order valence-electron chi connectivity index (χ2n) is 6.68. The Balaban J connectivity index is 1.73. The molecule has 0 unspecified atom stereocenters. The molecule has 0 aliphatic rings. The van der Waals surface area contributed by atoms with E-state index in [1.54, 1.807) is 49.6 Å². The minimum atomic E-state index is -0.534. The number of hydrogen-bond acceptors (Lipinski definition) is 5. The van der Waals surface area contributed by atoms with Gasteiger partial charge in [0.05, 0.1) is 14.2 Å². The molecule has 162 valence electrons. The van der Waals surface area contributed by atoms with E-state index in [0.29, 0.717) is 34.4 Å². The van der Waals surface area contributed by atoms with Crippen LogP contribution in [-0.2, 0) is 11.4 Å². The van der Waals surface area contributed by atoms with E-state index >= 15 is 0 Å². The Labute approximate surface area is 191 Å². The fourth-order valence-electron chi connectivity index (χ4n) is 2.86. The average molecular weight is 449 g/mol. The zero-order valence-electron chi connectivity index (χ0n) is 17.6. The number of anilines is 1. The molecule has 3 aromatic rings. The van der Waals surface area contributed by atoms with E-state index in [4.69, 9.17) is 25.8 Å². The molecule has 0 spiro atoms.